The number of amides is 1. The Morgan fingerprint density at radius 3 is 2.33 bits per heavy atom. The first-order valence-corrected chi connectivity index (χ1v) is 9.69. The molecular formula is C21H37IN4O4. The van der Waals surface area contributed by atoms with Crippen molar-refractivity contribution in [1.82, 2.24) is 15.5 Å². The first kappa shape index (κ1) is 28.1. The Bertz CT molecular complexity index is 692. The van der Waals surface area contributed by atoms with Gasteiger partial charge in [-0.05, 0) is 44.4 Å². The summed E-state index contributed by atoms with van der Waals surface area (Å²) in [5.74, 6) is 2.29. The van der Waals surface area contributed by atoms with E-state index in [1.54, 1.807) is 33.2 Å². The zero-order valence-electron chi connectivity index (χ0n) is 19.4. The zero-order chi connectivity index (χ0) is 22.0. The fourth-order valence-electron chi connectivity index (χ4n) is 2.61. The van der Waals surface area contributed by atoms with E-state index >= 15 is 0 Å². The van der Waals surface area contributed by atoms with Crippen LogP contribution in [0.5, 0.6) is 11.5 Å². The van der Waals surface area contributed by atoms with Crippen molar-refractivity contribution < 1.29 is 19.0 Å². The molecule has 1 amide bonds. The van der Waals surface area contributed by atoms with Gasteiger partial charge in [-0.1, -0.05) is 13.0 Å². The molecule has 0 heterocycles. The molecule has 0 aromatic heterocycles. The molecule has 9 heteroatoms. The number of guanidine groups is 1. The third-order valence-corrected chi connectivity index (χ3v) is 4.04. The van der Waals surface area contributed by atoms with E-state index in [9.17, 15) is 4.79 Å². The van der Waals surface area contributed by atoms with Crippen LogP contribution in [0.15, 0.2) is 23.2 Å². The molecule has 2 N–H and O–H groups in total. The highest BCUT2D eigenvalue weighted by Gasteiger charge is 2.20. The van der Waals surface area contributed by atoms with E-state index in [0.29, 0.717) is 37.1 Å². The van der Waals surface area contributed by atoms with E-state index in [2.05, 4.69) is 22.5 Å². The highest BCUT2D eigenvalue weighted by atomic mass is 127. The number of aliphatic imine (C=N–C) groups is 1. The Morgan fingerprint density at radius 1 is 1.17 bits per heavy atom. The van der Waals surface area contributed by atoms with Gasteiger partial charge in [-0.2, -0.15) is 0 Å². The first-order chi connectivity index (χ1) is 13.6. The fourth-order valence-corrected chi connectivity index (χ4v) is 2.61. The zero-order valence-corrected chi connectivity index (χ0v) is 21.7. The molecule has 0 aliphatic carbocycles. The Hall–Kier alpha value is -1.91. The Morgan fingerprint density at radius 2 is 1.80 bits per heavy atom. The lowest BCUT2D eigenvalue weighted by molar-refractivity contribution is 0.0278. The maximum Gasteiger partial charge on any atom is 0.410 e. The normalized spacial score (nSPS) is 12.3. The topological polar surface area (TPSA) is 84.4 Å². The van der Waals surface area contributed by atoms with Crippen molar-refractivity contribution in [3.63, 3.8) is 0 Å². The second-order valence-electron chi connectivity index (χ2n) is 7.96. The van der Waals surface area contributed by atoms with Crippen LogP contribution < -0.4 is 20.1 Å². The molecule has 0 fully saturated rings. The molecule has 1 unspecified atom stereocenters. The fraction of sp³-hybridized carbons (Fsp3) is 0.619. The molecule has 1 aromatic carbocycles. The average Bonchev–Trinajstić information content (AvgIpc) is 2.66. The largest absolute Gasteiger partial charge is 0.493 e. The van der Waals surface area contributed by atoms with Crippen molar-refractivity contribution in [3.05, 3.63) is 23.8 Å². The molecule has 8 nitrogen and oxygen atoms in total. The lowest BCUT2D eigenvalue weighted by Crippen LogP contribution is -2.42. The van der Waals surface area contributed by atoms with Gasteiger partial charge in [-0.15, -0.1) is 24.0 Å². The van der Waals surface area contributed by atoms with Gasteiger partial charge in [0, 0.05) is 33.7 Å². The van der Waals surface area contributed by atoms with Crippen LogP contribution in [0.2, 0.25) is 0 Å². The first-order valence-electron chi connectivity index (χ1n) is 9.69. The van der Waals surface area contributed by atoms with Crippen molar-refractivity contribution in [2.75, 3.05) is 41.4 Å². The van der Waals surface area contributed by atoms with Crippen LogP contribution in [0.3, 0.4) is 0 Å². The molecule has 0 bridgehead atoms. The second kappa shape index (κ2) is 13.4. The van der Waals surface area contributed by atoms with Gasteiger partial charge in [0.1, 0.15) is 5.60 Å². The third kappa shape index (κ3) is 10.2. The summed E-state index contributed by atoms with van der Waals surface area (Å²) in [6.07, 6.45) is -0.319. The number of nitrogens with zero attached hydrogens (tertiary/aromatic N) is 2. The van der Waals surface area contributed by atoms with Crippen LogP contribution in [0.4, 0.5) is 4.79 Å². The van der Waals surface area contributed by atoms with Gasteiger partial charge < -0.3 is 29.7 Å². The van der Waals surface area contributed by atoms with Gasteiger partial charge in [0.15, 0.2) is 17.5 Å². The van der Waals surface area contributed by atoms with Crippen molar-refractivity contribution in [1.29, 1.82) is 0 Å². The summed E-state index contributed by atoms with van der Waals surface area (Å²) in [4.78, 5) is 17.9. The number of nitrogens with one attached hydrogen (secondary N) is 2. The second-order valence-corrected chi connectivity index (χ2v) is 7.96. The third-order valence-electron chi connectivity index (χ3n) is 4.04. The van der Waals surface area contributed by atoms with Gasteiger partial charge in [0.05, 0.1) is 14.2 Å². The highest BCUT2D eigenvalue weighted by Crippen LogP contribution is 2.27. The summed E-state index contributed by atoms with van der Waals surface area (Å²) in [7, 11) is 6.70. The Kier molecular flexibility index (Phi) is 12.6. The minimum absolute atomic E-state index is 0. The number of hydrogen-bond donors (Lipinski definition) is 2. The van der Waals surface area contributed by atoms with Crippen LogP contribution in [0.1, 0.15) is 33.3 Å². The lowest BCUT2D eigenvalue weighted by atomic mass is 10.1. The molecule has 0 aliphatic heterocycles. The van der Waals surface area contributed by atoms with Gasteiger partial charge in [0.2, 0.25) is 0 Å². The van der Waals surface area contributed by atoms with E-state index in [-0.39, 0.29) is 36.0 Å². The van der Waals surface area contributed by atoms with Crippen molar-refractivity contribution in [3.8, 4) is 11.5 Å². The Labute approximate surface area is 197 Å². The lowest BCUT2D eigenvalue weighted by Gasteiger charge is -2.26. The SMILES string of the molecule is CN=C(NCc1ccc(OC)c(OC)c1)NCC(C)CN(C)C(=O)OC(C)(C)C.I. The molecule has 0 aliphatic rings. The number of carbonyl (C=O) groups excluding carboxylic acids is 1. The number of halogens is 1. The quantitative estimate of drug-likeness (QED) is 0.301. The number of benzene rings is 1. The molecular weight excluding hydrogens is 499 g/mol. The highest BCUT2D eigenvalue weighted by molar-refractivity contribution is 14.0. The molecule has 0 radical (unpaired) electrons. The van der Waals surface area contributed by atoms with Crippen molar-refractivity contribution in [2.45, 2.75) is 39.8 Å². The summed E-state index contributed by atoms with van der Waals surface area (Å²) >= 11 is 0. The van der Waals surface area contributed by atoms with Crippen molar-refractivity contribution in [2.24, 2.45) is 10.9 Å². The van der Waals surface area contributed by atoms with E-state index < -0.39 is 5.60 Å². The molecule has 1 atom stereocenters. The molecule has 172 valence electrons. The van der Waals surface area contributed by atoms with Crippen LogP contribution in [0.25, 0.3) is 0 Å². The predicted molar refractivity (Wildman–Crippen MR) is 131 cm³/mol. The number of rotatable bonds is 8. The minimum atomic E-state index is -0.497. The van der Waals surface area contributed by atoms with Gasteiger partial charge in [-0.25, -0.2) is 4.79 Å². The summed E-state index contributed by atoms with van der Waals surface area (Å²) < 4.78 is 16.0. The number of hydrogen-bond acceptors (Lipinski definition) is 5. The number of methoxy groups -OCH3 is 2. The number of carbonyl (C=O) groups is 1. The smallest absolute Gasteiger partial charge is 0.410 e. The average molecular weight is 536 g/mol. The predicted octanol–water partition coefficient (Wildman–Crippen LogP) is 3.49. The van der Waals surface area contributed by atoms with Crippen LogP contribution in [-0.2, 0) is 11.3 Å². The van der Waals surface area contributed by atoms with Crippen LogP contribution >= 0.6 is 24.0 Å². The van der Waals surface area contributed by atoms with Gasteiger partial charge >= 0.3 is 6.09 Å². The minimum Gasteiger partial charge on any atom is -0.493 e. The Balaban J connectivity index is 0.00000841. The van der Waals surface area contributed by atoms with E-state index in [1.165, 1.54) is 0 Å². The van der Waals surface area contributed by atoms with Gasteiger partial charge in [-0.3, -0.25) is 4.99 Å². The molecule has 0 saturated carbocycles. The molecule has 0 saturated heterocycles. The van der Waals surface area contributed by atoms with E-state index in [0.717, 1.165) is 5.56 Å². The van der Waals surface area contributed by atoms with E-state index in [4.69, 9.17) is 14.2 Å². The monoisotopic (exact) mass is 536 g/mol. The molecule has 0 spiro atoms. The van der Waals surface area contributed by atoms with E-state index in [1.807, 2.05) is 39.0 Å². The standard InChI is InChI=1S/C21H36N4O4.HI/c1-15(14-25(6)20(26)29-21(2,3)4)12-23-19(22-5)24-13-16-9-10-17(27-7)18(11-16)28-8;/h9-11,15H,12-14H2,1-8H3,(H2,22,23,24);1H. The molecule has 30 heavy (non-hydrogen) atoms. The van der Waals surface area contributed by atoms with Crippen molar-refractivity contribution >= 4 is 36.0 Å². The van der Waals surface area contributed by atoms with Crippen LogP contribution in [-0.4, -0.2) is 64.0 Å². The van der Waals surface area contributed by atoms with Gasteiger partial charge in [0.25, 0.3) is 0 Å². The maximum atomic E-state index is 12.1. The summed E-state index contributed by atoms with van der Waals surface area (Å²) in [6, 6.07) is 5.78. The summed E-state index contributed by atoms with van der Waals surface area (Å²) in [5, 5.41) is 6.56. The number of ether oxygens (including phenoxy) is 3. The summed E-state index contributed by atoms with van der Waals surface area (Å²) in [5.41, 5.74) is 0.548. The molecule has 1 aromatic rings. The molecule has 1 rings (SSSR count). The summed E-state index contributed by atoms with van der Waals surface area (Å²) in [6.45, 7) is 9.47. The maximum absolute atomic E-state index is 12.1. The van der Waals surface area contributed by atoms with Crippen LogP contribution in [0, 0.1) is 5.92 Å².